The summed E-state index contributed by atoms with van der Waals surface area (Å²) in [7, 11) is 0. The molecule has 0 atom stereocenters. The second-order valence-corrected chi connectivity index (χ2v) is 2.62. The van der Waals surface area contributed by atoms with Gasteiger partial charge in [0.05, 0.1) is 4.92 Å². The summed E-state index contributed by atoms with van der Waals surface area (Å²) in [5.74, 6) is -2.76. The SMILES string of the molecule is Nc1ccccc1[N+](=O)[O-].O=C(O)C(F)(F)F. The van der Waals surface area contributed by atoms with Gasteiger partial charge in [0.1, 0.15) is 5.69 Å². The van der Waals surface area contributed by atoms with Crippen LogP contribution in [-0.2, 0) is 4.79 Å². The number of carboxylic acids is 1. The minimum absolute atomic E-state index is 0.0394. The van der Waals surface area contributed by atoms with Crippen LogP contribution in [0.2, 0.25) is 0 Å². The number of hydrogen-bond acceptors (Lipinski definition) is 4. The summed E-state index contributed by atoms with van der Waals surface area (Å²) >= 11 is 0. The van der Waals surface area contributed by atoms with Gasteiger partial charge in [-0.1, -0.05) is 12.1 Å². The van der Waals surface area contributed by atoms with Gasteiger partial charge in [0.15, 0.2) is 0 Å². The first kappa shape index (κ1) is 14.7. The van der Waals surface area contributed by atoms with Crippen LogP contribution >= 0.6 is 0 Å². The van der Waals surface area contributed by atoms with Gasteiger partial charge in [0.2, 0.25) is 0 Å². The molecular weight excluding hydrogens is 245 g/mol. The van der Waals surface area contributed by atoms with E-state index >= 15 is 0 Å². The van der Waals surface area contributed by atoms with Crippen molar-refractivity contribution in [3.05, 3.63) is 34.4 Å². The zero-order valence-electron chi connectivity index (χ0n) is 8.14. The second-order valence-electron chi connectivity index (χ2n) is 2.62. The second kappa shape index (κ2) is 5.68. The van der Waals surface area contributed by atoms with Crippen LogP contribution < -0.4 is 5.73 Å². The third kappa shape index (κ3) is 5.35. The maximum Gasteiger partial charge on any atom is 0.490 e. The first-order valence-electron chi connectivity index (χ1n) is 3.95. The summed E-state index contributed by atoms with van der Waals surface area (Å²) in [6.45, 7) is 0. The van der Waals surface area contributed by atoms with Crippen molar-refractivity contribution in [2.45, 2.75) is 6.18 Å². The van der Waals surface area contributed by atoms with Crippen molar-refractivity contribution < 1.29 is 28.0 Å². The van der Waals surface area contributed by atoms with Crippen LogP contribution in [0.5, 0.6) is 0 Å². The molecule has 3 N–H and O–H groups in total. The van der Waals surface area contributed by atoms with Crippen LogP contribution in [0.4, 0.5) is 24.5 Å². The molecule has 0 aliphatic heterocycles. The molecular formula is C8H7F3N2O4. The third-order valence-corrected chi connectivity index (χ3v) is 1.38. The van der Waals surface area contributed by atoms with Gasteiger partial charge in [-0.05, 0) is 6.07 Å². The van der Waals surface area contributed by atoms with E-state index in [9.17, 15) is 23.3 Å². The first-order valence-corrected chi connectivity index (χ1v) is 3.95. The van der Waals surface area contributed by atoms with Gasteiger partial charge < -0.3 is 10.8 Å². The number of nitrogens with zero attached hydrogens (tertiary/aromatic N) is 1. The molecule has 0 fully saturated rings. The molecule has 0 bridgehead atoms. The van der Waals surface area contributed by atoms with Crippen LogP contribution in [0.3, 0.4) is 0 Å². The molecule has 0 spiro atoms. The number of halogens is 3. The van der Waals surface area contributed by atoms with Gasteiger partial charge in [0.25, 0.3) is 5.69 Å². The Morgan fingerprint density at radius 3 is 2.00 bits per heavy atom. The molecule has 1 aromatic rings. The quantitative estimate of drug-likeness (QED) is 0.450. The smallest absolute Gasteiger partial charge is 0.475 e. The van der Waals surface area contributed by atoms with Crippen molar-refractivity contribution in [3.8, 4) is 0 Å². The van der Waals surface area contributed by atoms with E-state index in [0.717, 1.165) is 0 Å². The van der Waals surface area contributed by atoms with E-state index in [0.29, 0.717) is 0 Å². The summed E-state index contributed by atoms with van der Waals surface area (Å²) < 4.78 is 31.7. The fraction of sp³-hybridized carbons (Fsp3) is 0.125. The van der Waals surface area contributed by atoms with Gasteiger partial charge >= 0.3 is 12.1 Å². The number of aliphatic carboxylic acids is 1. The average Bonchev–Trinajstić information content (AvgIpc) is 2.17. The average molecular weight is 252 g/mol. The number of alkyl halides is 3. The summed E-state index contributed by atoms with van der Waals surface area (Å²) in [5, 5.41) is 17.3. The fourth-order valence-corrected chi connectivity index (χ4v) is 0.654. The number of carboxylic acid groups (broad SMARTS) is 1. The Kier molecular flexibility index (Phi) is 4.90. The molecule has 1 aromatic carbocycles. The fourth-order valence-electron chi connectivity index (χ4n) is 0.654. The molecule has 0 saturated heterocycles. The summed E-state index contributed by atoms with van der Waals surface area (Å²) in [5.41, 5.74) is 5.44. The highest BCUT2D eigenvalue weighted by atomic mass is 19.4. The summed E-state index contributed by atoms with van der Waals surface area (Å²) in [6, 6.07) is 6.10. The van der Waals surface area contributed by atoms with Gasteiger partial charge in [0, 0.05) is 6.07 Å². The molecule has 9 heteroatoms. The molecule has 17 heavy (non-hydrogen) atoms. The van der Waals surface area contributed by atoms with Gasteiger partial charge in [-0.2, -0.15) is 13.2 Å². The molecule has 0 amide bonds. The maximum atomic E-state index is 10.6. The van der Waals surface area contributed by atoms with E-state index in [-0.39, 0.29) is 11.4 Å². The Labute approximate surface area is 92.6 Å². The molecule has 0 unspecified atom stereocenters. The van der Waals surface area contributed by atoms with E-state index < -0.39 is 17.1 Å². The van der Waals surface area contributed by atoms with E-state index in [4.69, 9.17) is 15.6 Å². The van der Waals surface area contributed by atoms with Crippen LogP contribution in [-0.4, -0.2) is 22.2 Å². The first-order chi connectivity index (χ1) is 7.66. The Morgan fingerprint density at radius 1 is 1.35 bits per heavy atom. The normalized spacial score (nSPS) is 10.1. The highest BCUT2D eigenvalue weighted by molar-refractivity contribution is 5.73. The lowest BCUT2D eigenvalue weighted by molar-refractivity contribution is -0.383. The largest absolute Gasteiger partial charge is 0.490 e. The van der Waals surface area contributed by atoms with E-state index in [2.05, 4.69) is 0 Å². The number of nitro benzene ring substituents is 1. The lowest BCUT2D eigenvalue weighted by atomic mass is 10.3. The van der Waals surface area contributed by atoms with Gasteiger partial charge in [-0.25, -0.2) is 4.79 Å². The zero-order chi connectivity index (χ0) is 13.6. The minimum atomic E-state index is -5.08. The van der Waals surface area contributed by atoms with Crippen molar-refractivity contribution in [2.24, 2.45) is 0 Å². The summed E-state index contributed by atoms with van der Waals surface area (Å²) in [4.78, 5) is 18.5. The Bertz CT molecular complexity index is 419. The number of para-hydroxylation sites is 2. The molecule has 0 saturated carbocycles. The number of nitro groups is 1. The molecule has 0 aliphatic carbocycles. The number of anilines is 1. The Morgan fingerprint density at radius 2 is 1.76 bits per heavy atom. The monoisotopic (exact) mass is 252 g/mol. The predicted molar refractivity (Wildman–Crippen MR) is 51.2 cm³/mol. The molecule has 6 nitrogen and oxygen atoms in total. The number of hydrogen-bond donors (Lipinski definition) is 2. The number of nitrogen functional groups attached to an aromatic ring is 1. The molecule has 0 radical (unpaired) electrons. The van der Waals surface area contributed by atoms with E-state index in [1.807, 2.05) is 0 Å². The number of nitrogens with two attached hydrogens (primary N) is 1. The van der Waals surface area contributed by atoms with Crippen LogP contribution in [0.1, 0.15) is 0 Å². The topological polar surface area (TPSA) is 106 Å². The van der Waals surface area contributed by atoms with E-state index in [1.165, 1.54) is 12.1 Å². The molecule has 0 heterocycles. The third-order valence-electron chi connectivity index (χ3n) is 1.38. The summed E-state index contributed by atoms with van der Waals surface area (Å²) in [6.07, 6.45) is -5.08. The lowest BCUT2D eigenvalue weighted by Crippen LogP contribution is -2.21. The van der Waals surface area contributed by atoms with Gasteiger partial charge in [-0.3, -0.25) is 10.1 Å². The Balaban J connectivity index is 0.000000325. The number of rotatable bonds is 1. The van der Waals surface area contributed by atoms with E-state index in [1.54, 1.807) is 12.1 Å². The van der Waals surface area contributed by atoms with Crippen molar-refractivity contribution in [1.29, 1.82) is 0 Å². The lowest BCUT2D eigenvalue weighted by Gasteiger charge is -1.93. The number of benzene rings is 1. The van der Waals surface area contributed by atoms with Crippen molar-refractivity contribution in [1.82, 2.24) is 0 Å². The molecule has 0 aliphatic rings. The zero-order valence-corrected chi connectivity index (χ0v) is 8.14. The van der Waals surface area contributed by atoms with Crippen molar-refractivity contribution in [3.63, 3.8) is 0 Å². The predicted octanol–water partition coefficient (Wildman–Crippen LogP) is 1.81. The standard InChI is InChI=1S/C6H6N2O2.C2HF3O2/c7-5-3-1-2-4-6(5)8(9)10;3-2(4,5)1(6)7/h1-4H,7H2;(H,6,7). The highest BCUT2D eigenvalue weighted by Crippen LogP contribution is 2.18. The van der Waals surface area contributed by atoms with Crippen LogP contribution in [0.15, 0.2) is 24.3 Å². The minimum Gasteiger partial charge on any atom is -0.475 e. The maximum absolute atomic E-state index is 10.6. The van der Waals surface area contributed by atoms with Crippen molar-refractivity contribution >= 4 is 17.3 Å². The van der Waals surface area contributed by atoms with Crippen LogP contribution in [0.25, 0.3) is 0 Å². The molecule has 1 rings (SSSR count). The van der Waals surface area contributed by atoms with Gasteiger partial charge in [-0.15, -0.1) is 0 Å². The van der Waals surface area contributed by atoms with Crippen LogP contribution in [0, 0.1) is 10.1 Å². The van der Waals surface area contributed by atoms with Crippen molar-refractivity contribution in [2.75, 3.05) is 5.73 Å². The Hall–Kier alpha value is -2.32. The molecule has 0 aromatic heterocycles. The number of carbonyl (C=O) groups is 1. The highest BCUT2D eigenvalue weighted by Gasteiger charge is 2.38. The molecule has 94 valence electrons.